The third kappa shape index (κ3) is 31.5. The molecular weight excluding hydrogens is 1140 g/mol. The second-order valence-corrected chi connectivity index (χ2v) is 24.6. The van der Waals surface area contributed by atoms with Crippen molar-refractivity contribution in [1.82, 2.24) is 53.2 Å². The van der Waals surface area contributed by atoms with Crippen molar-refractivity contribution in [3.63, 3.8) is 0 Å². The summed E-state index contributed by atoms with van der Waals surface area (Å²) in [7, 11) is 0. The molecule has 10 atom stereocenters. The number of primary amides is 1. The largest absolute Gasteiger partial charge is 0.370 e. The fourth-order valence-corrected chi connectivity index (χ4v) is 10.3. The van der Waals surface area contributed by atoms with Gasteiger partial charge in [0, 0.05) is 12.8 Å². The summed E-state index contributed by atoms with van der Waals surface area (Å²) in [5.41, 5.74) is 35.5. The van der Waals surface area contributed by atoms with Crippen LogP contribution in [0.15, 0.2) is 30.3 Å². The van der Waals surface area contributed by atoms with Crippen LogP contribution in [0.1, 0.15) is 176 Å². The quantitative estimate of drug-likeness (QED) is 0.0402. The molecule has 22 N–H and O–H groups in total. The molecule has 0 aliphatic carbocycles. The van der Waals surface area contributed by atoms with Crippen LogP contribution in [0.5, 0.6) is 0 Å². The van der Waals surface area contributed by atoms with E-state index in [4.69, 9.17) is 34.4 Å². The molecule has 0 saturated carbocycles. The SMILES string of the molecule is CC(C)C[C@@H]1NC(=O)[C@H](CCCCN)NC(=O)[C@H](CCC(N)=O)NC(=O)[C@H](CCCCN)NC(=O)[C@H](CCCCN)NC(=O)[C@H](CC(C)C)NC(=O)[C@H](Cc2ccccc2)NC(=O)[C@H](CCCCN)NC(=O)[C@H](CCCCN)NC(=O)[C@H](CC(C)C)NC1=O. The summed E-state index contributed by atoms with van der Waals surface area (Å²) in [6.45, 7) is 12.3. The molecular formula is C62H110N16O11. The first kappa shape index (κ1) is 78.3. The Morgan fingerprint density at radius 3 is 0.775 bits per heavy atom. The maximum Gasteiger partial charge on any atom is 0.243 e. The monoisotopic (exact) mass is 1250 g/mol. The number of nitrogens with one attached hydrogen (secondary N) is 10. The Balaban J connectivity index is 3.01. The van der Waals surface area contributed by atoms with E-state index in [1.165, 1.54) is 0 Å². The van der Waals surface area contributed by atoms with Crippen LogP contribution in [0.3, 0.4) is 0 Å². The number of carbonyl (C=O) groups excluding carboxylic acids is 11. The number of carbonyl (C=O) groups is 11. The van der Waals surface area contributed by atoms with Crippen LogP contribution in [0.2, 0.25) is 0 Å². The third-order valence-corrected chi connectivity index (χ3v) is 15.1. The summed E-state index contributed by atoms with van der Waals surface area (Å²) in [5, 5.41) is 27.9. The first-order valence-corrected chi connectivity index (χ1v) is 32.2. The molecule has 27 nitrogen and oxygen atoms in total. The molecule has 11 amide bonds. The van der Waals surface area contributed by atoms with Gasteiger partial charge in [-0.05, 0) is 178 Å². The van der Waals surface area contributed by atoms with Crippen molar-refractivity contribution in [2.24, 2.45) is 52.2 Å². The predicted molar refractivity (Wildman–Crippen MR) is 341 cm³/mol. The molecule has 0 bridgehead atoms. The first-order valence-electron chi connectivity index (χ1n) is 32.2. The minimum atomic E-state index is -1.50. The minimum Gasteiger partial charge on any atom is -0.370 e. The number of nitrogens with two attached hydrogens (primary N) is 6. The Bertz CT molecular complexity index is 2370. The van der Waals surface area contributed by atoms with E-state index >= 15 is 0 Å². The van der Waals surface area contributed by atoms with E-state index < -0.39 is 125 Å². The Hall–Kier alpha value is -6.81. The van der Waals surface area contributed by atoms with Crippen molar-refractivity contribution in [3.8, 4) is 0 Å². The molecule has 1 aromatic rings. The van der Waals surface area contributed by atoms with Gasteiger partial charge in [-0.2, -0.15) is 0 Å². The molecule has 1 fully saturated rings. The van der Waals surface area contributed by atoms with E-state index in [-0.39, 0.29) is 121 Å². The van der Waals surface area contributed by atoms with Crippen molar-refractivity contribution in [1.29, 1.82) is 0 Å². The molecule has 0 spiro atoms. The van der Waals surface area contributed by atoms with Gasteiger partial charge in [0.15, 0.2) is 0 Å². The van der Waals surface area contributed by atoms with Crippen molar-refractivity contribution < 1.29 is 52.7 Å². The van der Waals surface area contributed by atoms with E-state index in [0.29, 0.717) is 69.8 Å². The molecule has 0 aromatic heterocycles. The van der Waals surface area contributed by atoms with Gasteiger partial charge in [0.2, 0.25) is 65.0 Å². The minimum absolute atomic E-state index is 0.0129. The molecule has 89 heavy (non-hydrogen) atoms. The van der Waals surface area contributed by atoms with Crippen LogP contribution in [-0.4, -0.2) is 158 Å². The van der Waals surface area contributed by atoms with Gasteiger partial charge in [-0.15, -0.1) is 0 Å². The smallest absolute Gasteiger partial charge is 0.243 e. The maximum absolute atomic E-state index is 14.8. The van der Waals surface area contributed by atoms with Gasteiger partial charge in [-0.25, -0.2) is 0 Å². The average Bonchev–Trinajstić information content (AvgIpc) is 3.65. The molecule has 504 valence electrons. The Morgan fingerprint density at radius 2 is 0.539 bits per heavy atom. The first-order chi connectivity index (χ1) is 42.4. The number of hydrogen-bond donors (Lipinski definition) is 16. The lowest BCUT2D eigenvalue weighted by Crippen LogP contribution is -2.61. The van der Waals surface area contributed by atoms with Crippen molar-refractivity contribution >= 4 is 65.0 Å². The summed E-state index contributed by atoms with van der Waals surface area (Å²) < 4.78 is 0. The van der Waals surface area contributed by atoms with Gasteiger partial charge >= 0.3 is 0 Å². The summed E-state index contributed by atoms with van der Waals surface area (Å²) >= 11 is 0. The Morgan fingerprint density at radius 1 is 0.326 bits per heavy atom. The van der Waals surface area contributed by atoms with Crippen LogP contribution in [0.25, 0.3) is 0 Å². The average molecular weight is 1260 g/mol. The number of unbranched alkanes of at least 4 members (excludes halogenated alkanes) is 5. The molecule has 1 saturated heterocycles. The molecule has 2 rings (SSSR count). The van der Waals surface area contributed by atoms with Crippen molar-refractivity contribution in [2.75, 3.05) is 32.7 Å². The molecule has 27 heteroatoms. The third-order valence-electron chi connectivity index (χ3n) is 15.1. The fraction of sp³-hybridized carbons (Fsp3) is 0.726. The predicted octanol–water partition coefficient (Wildman–Crippen LogP) is -0.861. The Kier molecular flexibility index (Phi) is 38.5. The van der Waals surface area contributed by atoms with Crippen LogP contribution in [-0.2, 0) is 59.2 Å². The van der Waals surface area contributed by atoms with E-state index in [1.54, 1.807) is 30.3 Å². The van der Waals surface area contributed by atoms with Crippen LogP contribution in [0, 0.1) is 17.8 Å². The van der Waals surface area contributed by atoms with E-state index in [0.717, 1.165) is 0 Å². The molecule has 0 radical (unpaired) electrons. The summed E-state index contributed by atoms with van der Waals surface area (Å²) in [6, 6.07) is -4.30. The fourth-order valence-electron chi connectivity index (χ4n) is 10.3. The zero-order valence-corrected chi connectivity index (χ0v) is 53.7. The molecule has 1 aromatic carbocycles. The number of hydrogen-bond acceptors (Lipinski definition) is 16. The summed E-state index contributed by atoms with van der Waals surface area (Å²) in [4.78, 5) is 158. The number of amides is 11. The highest BCUT2D eigenvalue weighted by atomic mass is 16.2. The van der Waals surface area contributed by atoms with Gasteiger partial charge in [-0.3, -0.25) is 52.7 Å². The van der Waals surface area contributed by atoms with Crippen molar-refractivity contribution in [3.05, 3.63) is 35.9 Å². The van der Waals surface area contributed by atoms with Gasteiger partial charge in [0.25, 0.3) is 0 Å². The molecule has 1 aliphatic rings. The zero-order chi connectivity index (χ0) is 66.4. The van der Waals surface area contributed by atoms with Crippen LogP contribution in [0.4, 0.5) is 0 Å². The molecule has 0 unspecified atom stereocenters. The number of benzene rings is 1. The van der Waals surface area contributed by atoms with E-state index in [2.05, 4.69) is 53.2 Å². The molecule has 1 heterocycles. The second kappa shape index (κ2) is 43.8. The van der Waals surface area contributed by atoms with E-state index in [9.17, 15) is 52.7 Å². The lowest BCUT2D eigenvalue weighted by Gasteiger charge is -2.30. The Labute approximate surface area is 526 Å². The van der Waals surface area contributed by atoms with Crippen molar-refractivity contribution in [2.45, 2.75) is 237 Å². The zero-order valence-electron chi connectivity index (χ0n) is 53.7. The standard InChI is InChI=1S/C62H110N16O11/c1-38(2)34-48-59(86)72-44(24-12-17-31-65)54(81)70-46(26-14-19-33-67)57(84)78-51(37-41-20-8-7-9-21-41)62(89)77-49(35-39(3)4)60(87)73-43(23-11-16-30-64)53(80)69-42(22-10-15-29-63)55(82)74-47(27-28-52(68)79)58(85)71-45(25-13-18-32-66)56(83)75-50(36-40(5)6)61(88)76-48/h7-9,20-21,38-40,42-51H,10-19,22-37,63-67H2,1-6H3,(H2,68,79)(H,69,80)(H,70,81)(H,71,85)(H,72,86)(H,73,87)(H,74,82)(H,75,83)(H,76,88)(H,77,89)(H,78,84)/t42-,43-,44-,45-,46-,47-,48-,49-,50-,51-/m0/s1. The van der Waals surface area contributed by atoms with Crippen LogP contribution >= 0.6 is 0 Å². The topological polar surface area (TPSA) is 464 Å². The lowest BCUT2D eigenvalue weighted by molar-refractivity contribution is -0.137. The van der Waals surface area contributed by atoms with Gasteiger partial charge in [0.1, 0.15) is 60.4 Å². The van der Waals surface area contributed by atoms with Crippen LogP contribution < -0.4 is 87.6 Å². The maximum atomic E-state index is 14.8. The normalized spacial score (nSPS) is 23.9. The van der Waals surface area contributed by atoms with Gasteiger partial charge in [0.05, 0.1) is 0 Å². The number of rotatable bonds is 31. The lowest BCUT2D eigenvalue weighted by atomic mass is 9.98. The highest BCUT2D eigenvalue weighted by molar-refractivity contribution is 5.99. The van der Waals surface area contributed by atoms with Gasteiger partial charge in [-0.1, -0.05) is 71.9 Å². The molecule has 1 aliphatic heterocycles. The van der Waals surface area contributed by atoms with E-state index in [1.807, 2.05) is 41.5 Å². The van der Waals surface area contributed by atoms with Gasteiger partial charge < -0.3 is 87.6 Å². The summed E-state index contributed by atoms with van der Waals surface area (Å²) in [5.74, 6) is -9.11. The highest BCUT2D eigenvalue weighted by Gasteiger charge is 2.37. The highest BCUT2D eigenvalue weighted by Crippen LogP contribution is 2.16. The summed E-state index contributed by atoms with van der Waals surface area (Å²) in [6.07, 6.45) is 3.75. The second-order valence-electron chi connectivity index (χ2n) is 24.6.